The van der Waals surface area contributed by atoms with Crippen molar-refractivity contribution < 1.29 is 63.9 Å². The number of carboxylic acid groups (broad SMARTS) is 1. The van der Waals surface area contributed by atoms with Crippen molar-refractivity contribution in [2.75, 3.05) is 32.8 Å². The number of phenols is 1. The van der Waals surface area contributed by atoms with Crippen molar-refractivity contribution in [2.45, 2.75) is 75.5 Å². The van der Waals surface area contributed by atoms with Gasteiger partial charge in [-0.05, 0) is 50.8 Å². The summed E-state index contributed by atoms with van der Waals surface area (Å²) < 4.78 is 0. The molecule has 1 aliphatic heterocycles. The fraction of sp³-hybridized carbons (Fsp3) is 0.548. The van der Waals surface area contributed by atoms with Gasteiger partial charge < -0.3 is 68.1 Å². The van der Waals surface area contributed by atoms with Gasteiger partial charge in [-0.25, -0.2) is 4.79 Å². The maximum absolute atomic E-state index is 13.2. The molecule has 7 atom stereocenters. The average molecular weight is 739 g/mol. The Morgan fingerprint density at radius 3 is 1.96 bits per heavy atom. The van der Waals surface area contributed by atoms with Gasteiger partial charge in [-0.15, -0.1) is 0 Å². The van der Waals surface area contributed by atoms with Crippen LogP contribution in [0.1, 0.15) is 32.3 Å². The van der Waals surface area contributed by atoms with Crippen molar-refractivity contribution in [2.24, 2.45) is 5.73 Å². The number of likely N-dealkylation sites (tertiary alicyclic amines) is 1. The molecule has 21 heteroatoms. The zero-order chi connectivity index (χ0) is 39.1. The van der Waals surface area contributed by atoms with Gasteiger partial charge >= 0.3 is 5.97 Å². The lowest BCUT2D eigenvalue weighted by Gasteiger charge is -2.29. The molecule has 2 rings (SSSR count). The van der Waals surface area contributed by atoms with E-state index in [-0.39, 0.29) is 25.1 Å². The Labute approximate surface area is 297 Å². The third kappa shape index (κ3) is 13.1. The molecule has 1 heterocycles. The number of aliphatic hydroxyl groups is 3. The monoisotopic (exact) mass is 738 g/mol. The molecule has 0 aromatic heterocycles. The Bertz CT molecular complexity index is 1460. The number of carboxylic acids is 1. The normalized spacial score (nSPS) is 17.3. The smallest absolute Gasteiger partial charge is 0.328 e. The zero-order valence-corrected chi connectivity index (χ0v) is 28.5. The number of amides is 7. The highest BCUT2D eigenvalue weighted by atomic mass is 16.4. The molecule has 0 saturated carbocycles. The minimum atomic E-state index is -1.60. The van der Waals surface area contributed by atoms with Crippen LogP contribution in [0.15, 0.2) is 24.3 Å². The van der Waals surface area contributed by atoms with E-state index in [1.807, 2.05) is 0 Å². The summed E-state index contributed by atoms with van der Waals surface area (Å²) in [4.78, 5) is 101. The second-order valence-electron chi connectivity index (χ2n) is 12.0. The van der Waals surface area contributed by atoms with Crippen LogP contribution < -0.4 is 37.6 Å². The molecule has 0 radical (unpaired) electrons. The molecular weight excluding hydrogens is 692 g/mol. The Kier molecular flexibility index (Phi) is 16.8. The predicted octanol–water partition coefficient (Wildman–Crippen LogP) is -6.11. The summed E-state index contributed by atoms with van der Waals surface area (Å²) in [5, 5.41) is 60.8. The summed E-state index contributed by atoms with van der Waals surface area (Å²) in [6.45, 7) is -0.620. The number of phenolic OH excluding ortho intramolecular Hbond substituents is 1. The average Bonchev–Trinajstić information content (AvgIpc) is 3.60. The minimum absolute atomic E-state index is 0.0357. The van der Waals surface area contributed by atoms with Crippen LogP contribution in [0.25, 0.3) is 0 Å². The van der Waals surface area contributed by atoms with Crippen molar-refractivity contribution in [1.82, 2.24) is 36.8 Å². The van der Waals surface area contributed by atoms with Gasteiger partial charge in [0.25, 0.3) is 0 Å². The number of rotatable bonds is 19. The molecule has 21 nitrogen and oxygen atoms in total. The number of carbonyl (C=O) groups is 8. The zero-order valence-electron chi connectivity index (χ0n) is 28.5. The maximum atomic E-state index is 13.2. The van der Waals surface area contributed by atoms with Gasteiger partial charge in [-0.3, -0.25) is 33.6 Å². The third-order valence-electron chi connectivity index (χ3n) is 7.86. The molecule has 288 valence electrons. The van der Waals surface area contributed by atoms with E-state index in [2.05, 4.69) is 31.9 Å². The van der Waals surface area contributed by atoms with Gasteiger partial charge in [0, 0.05) is 6.54 Å². The van der Waals surface area contributed by atoms with Crippen LogP contribution in [-0.2, 0) is 44.8 Å². The first-order chi connectivity index (χ1) is 24.5. The van der Waals surface area contributed by atoms with Gasteiger partial charge in [0.15, 0.2) is 0 Å². The number of aliphatic carboxylic acids is 1. The largest absolute Gasteiger partial charge is 0.508 e. The molecule has 52 heavy (non-hydrogen) atoms. The van der Waals surface area contributed by atoms with Gasteiger partial charge in [0.05, 0.1) is 38.4 Å². The second kappa shape index (κ2) is 20.5. The van der Waals surface area contributed by atoms with Crippen molar-refractivity contribution in [1.29, 1.82) is 0 Å². The van der Waals surface area contributed by atoms with E-state index in [4.69, 9.17) is 15.9 Å². The van der Waals surface area contributed by atoms with E-state index in [0.29, 0.717) is 12.0 Å². The fourth-order valence-corrected chi connectivity index (χ4v) is 4.98. The standard InChI is InChI=1S/C31H46N8O13/c1-15(26(46)37-21(14-41)31(51)52)35-28(48)22-4-3-9-39(22)30(50)20(13-40)36-23(44)11-34-29(49)25(16(2)42)38-24(45)12-33-27(47)19(32)10-17-5-7-18(43)8-6-17/h5-8,15-16,19-22,25,40-43H,3-4,9-14,32H2,1-2H3,(H,33,47)(H,34,49)(H,35,48)(H,36,44)(H,37,46)(H,38,45)(H,51,52)/t15-,16+,19-,20-,21-,22-,25-/m0/s1. The number of nitrogens with zero attached hydrogens (tertiary/aromatic N) is 1. The molecule has 1 aliphatic rings. The number of carbonyl (C=O) groups excluding carboxylic acids is 7. The Morgan fingerprint density at radius 2 is 1.40 bits per heavy atom. The first kappa shape index (κ1) is 42.8. The SMILES string of the molecule is C[C@H](NC(=O)[C@@H]1CCCN1C(=O)[C@H](CO)NC(=O)CNC(=O)[C@@H](NC(=O)CNC(=O)[C@@H](N)Cc1ccc(O)cc1)[C@@H](C)O)C(=O)N[C@@H](CO)C(=O)O. The highest BCUT2D eigenvalue weighted by molar-refractivity contribution is 5.96. The molecule has 0 unspecified atom stereocenters. The van der Waals surface area contributed by atoms with Crippen molar-refractivity contribution in [3.05, 3.63) is 29.8 Å². The highest BCUT2D eigenvalue weighted by Gasteiger charge is 2.38. The molecular formula is C31H46N8O13. The molecule has 1 fully saturated rings. The van der Waals surface area contributed by atoms with E-state index in [9.17, 15) is 53.7 Å². The van der Waals surface area contributed by atoms with Crippen LogP contribution in [0.5, 0.6) is 5.75 Å². The number of nitrogens with one attached hydrogen (secondary N) is 6. The lowest BCUT2D eigenvalue weighted by Crippen LogP contribution is -2.58. The lowest BCUT2D eigenvalue weighted by atomic mass is 10.1. The number of aromatic hydroxyl groups is 1. The van der Waals surface area contributed by atoms with Crippen molar-refractivity contribution in [3.63, 3.8) is 0 Å². The van der Waals surface area contributed by atoms with E-state index in [1.54, 1.807) is 12.1 Å². The molecule has 7 amide bonds. The predicted molar refractivity (Wildman–Crippen MR) is 177 cm³/mol. The first-order valence-electron chi connectivity index (χ1n) is 16.2. The third-order valence-corrected chi connectivity index (χ3v) is 7.86. The Hall–Kier alpha value is -5.38. The minimum Gasteiger partial charge on any atom is -0.508 e. The van der Waals surface area contributed by atoms with Crippen LogP contribution in [0, 0.1) is 0 Å². The Balaban J connectivity index is 1.87. The van der Waals surface area contributed by atoms with Crippen LogP contribution in [0.3, 0.4) is 0 Å². The van der Waals surface area contributed by atoms with Gasteiger partial charge in [-0.2, -0.15) is 0 Å². The van der Waals surface area contributed by atoms with Crippen LogP contribution in [0.2, 0.25) is 0 Å². The number of hydrogen-bond donors (Lipinski definition) is 12. The Morgan fingerprint density at radius 1 is 0.827 bits per heavy atom. The highest BCUT2D eigenvalue weighted by Crippen LogP contribution is 2.19. The summed E-state index contributed by atoms with van der Waals surface area (Å²) in [7, 11) is 0. The van der Waals surface area contributed by atoms with E-state index >= 15 is 0 Å². The molecule has 1 saturated heterocycles. The summed E-state index contributed by atoms with van der Waals surface area (Å²) in [5.74, 6) is -7.46. The number of benzene rings is 1. The molecule has 13 N–H and O–H groups in total. The summed E-state index contributed by atoms with van der Waals surface area (Å²) in [6.07, 6.45) is -0.812. The molecule has 1 aromatic rings. The van der Waals surface area contributed by atoms with Crippen LogP contribution >= 0.6 is 0 Å². The lowest BCUT2D eigenvalue weighted by molar-refractivity contribution is -0.144. The van der Waals surface area contributed by atoms with E-state index in [0.717, 1.165) is 4.90 Å². The number of hydrogen-bond acceptors (Lipinski definition) is 13. The van der Waals surface area contributed by atoms with Crippen molar-refractivity contribution in [3.8, 4) is 5.75 Å². The summed E-state index contributed by atoms with van der Waals surface area (Å²) in [6, 6.07) is -2.09. The van der Waals surface area contributed by atoms with E-state index in [1.165, 1.54) is 26.0 Å². The molecule has 0 aliphatic carbocycles. The van der Waals surface area contributed by atoms with Gasteiger partial charge in [0.1, 0.15) is 36.0 Å². The number of nitrogens with two attached hydrogens (primary N) is 1. The van der Waals surface area contributed by atoms with Crippen molar-refractivity contribution >= 4 is 47.3 Å². The number of aliphatic hydroxyl groups excluding tert-OH is 3. The summed E-state index contributed by atoms with van der Waals surface area (Å²) >= 11 is 0. The molecule has 0 spiro atoms. The fourth-order valence-electron chi connectivity index (χ4n) is 4.98. The molecule has 0 bridgehead atoms. The van der Waals surface area contributed by atoms with E-state index < -0.39 is 116 Å². The van der Waals surface area contributed by atoms with Crippen LogP contribution in [-0.4, -0.2) is 153 Å². The quantitative estimate of drug-likeness (QED) is 0.0629. The second-order valence-corrected chi connectivity index (χ2v) is 12.0. The first-order valence-corrected chi connectivity index (χ1v) is 16.2. The maximum Gasteiger partial charge on any atom is 0.328 e. The van der Waals surface area contributed by atoms with Gasteiger partial charge in [-0.1, -0.05) is 12.1 Å². The topological polar surface area (TPSA) is 339 Å². The summed E-state index contributed by atoms with van der Waals surface area (Å²) in [5.41, 5.74) is 6.53. The van der Waals surface area contributed by atoms with Crippen LogP contribution in [0.4, 0.5) is 0 Å². The van der Waals surface area contributed by atoms with Gasteiger partial charge in [0.2, 0.25) is 41.4 Å². The molecule has 1 aromatic carbocycles.